The van der Waals surface area contributed by atoms with Gasteiger partial charge in [-0.3, -0.25) is 0 Å². The third-order valence-electron chi connectivity index (χ3n) is 13.7. The second kappa shape index (κ2) is 9.13. The summed E-state index contributed by atoms with van der Waals surface area (Å²) in [6, 6.07) is 7.50. The highest BCUT2D eigenvalue weighted by molar-refractivity contribution is 5.56. The predicted octanol–water partition coefficient (Wildman–Crippen LogP) is 7.32. The fourth-order valence-corrected chi connectivity index (χ4v) is 11.6. The van der Waals surface area contributed by atoms with Gasteiger partial charge in [0.2, 0.25) is 0 Å². The van der Waals surface area contributed by atoms with Gasteiger partial charge in [-0.25, -0.2) is 0 Å². The maximum Gasteiger partial charge on any atom is 0.134 e. The summed E-state index contributed by atoms with van der Waals surface area (Å²) >= 11 is 0. The van der Waals surface area contributed by atoms with Crippen molar-refractivity contribution in [1.29, 1.82) is 0 Å². The van der Waals surface area contributed by atoms with Crippen molar-refractivity contribution in [3.8, 4) is 23.0 Å². The molecule has 220 valence electrons. The number of aromatic hydroxyl groups is 2. The molecule has 6 aliphatic carbocycles. The Hall–Kier alpha value is -2.24. The minimum Gasteiger partial charge on any atom is -0.508 e. The summed E-state index contributed by atoms with van der Waals surface area (Å²) in [5, 5.41) is 43.4. The largest absolute Gasteiger partial charge is 0.508 e. The number of aliphatic hydroxyl groups is 2. The van der Waals surface area contributed by atoms with E-state index in [1.165, 1.54) is 22.3 Å². The van der Waals surface area contributed by atoms with E-state index >= 15 is 0 Å². The molecule has 0 unspecified atom stereocenters. The van der Waals surface area contributed by atoms with Crippen LogP contribution < -0.4 is 4.74 Å². The van der Waals surface area contributed by atoms with Crippen molar-refractivity contribution in [2.24, 2.45) is 34.5 Å². The fourth-order valence-electron chi connectivity index (χ4n) is 11.6. The second-order valence-electron chi connectivity index (χ2n) is 15.2. The van der Waals surface area contributed by atoms with Gasteiger partial charge in [-0.1, -0.05) is 13.8 Å². The number of benzene rings is 2. The summed E-state index contributed by atoms with van der Waals surface area (Å²) in [6.45, 7) is 4.62. The molecule has 5 heteroatoms. The summed E-state index contributed by atoms with van der Waals surface area (Å²) in [4.78, 5) is 0. The van der Waals surface area contributed by atoms with Crippen molar-refractivity contribution in [3.05, 3.63) is 46.5 Å². The van der Waals surface area contributed by atoms with Crippen molar-refractivity contribution in [3.63, 3.8) is 0 Å². The van der Waals surface area contributed by atoms with Crippen molar-refractivity contribution in [1.82, 2.24) is 0 Å². The van der Waals surface area contributed by atoms with E-state index in [0.29, 0.717) is 35.5 Å². The van der Waals surface area contributed by atoms with E-state index < -0.39 is 0 Å². The maximum absolute atomic E-state index is 10.9. The van der Waals surface area contributed by atoms with Crippen LogP contribution in [-0.2, 0) is 12.8 Å². The Morgan fingerprint density at radius 1 is 0.610 bits per heavy atom. The molecule has 2 aromatic carbocycles. The quantitative estimate of drug-likeness (QED) is 0.310. The third kappa shape index (κ3) is 3.73. The number of aliphatic hydroxyl groups excluding tert-OH is 2. The molecule has 4 saturated carbocycles. The Morgan fingerprint density at radius 3 is 1.49 bits per heavy atom. The smallest absolute Gasteiger partial charge is 0.134 e. The number of phenols is 2. The van der Waals surface area contributed by atoms with Gasteiger partial charge in [0.25, 0.3) is 0 Å². The first-order valence-corrected chi connectivity index (χ1v) is 16.4. The first-order valence-electron chi connectivity index (χ1n) is 16.4. The Balaban J connectivity index is 1.18. The van der Waals surface area contributed by atoms with Gasteiger partial charge in [0.15, 0.2) is 0 Å². The van der Waals surface area contributed by atoms with E-state index in [4.69, 9.17) is 4.74 Å². The minimum atomic E-state index is -0.199. The van der Waals surface area contributed by atoms with Gasteiger partial charge in [0.1, 0.15) is 23.0 Å². The molecule has 2 aromatic rings. The molecule has 0 bridgehead atoms. The van der Waals surface area contributed by atoms with Crippen LogP contribution in [0.2, 0.25) is 0 Å². The van der Waals surface area contributed by atoms with Crippen LogP contribution in [0.25, 0.3) is 0 Å². The summed E-state index contributed by atoms with van der Waals surface area (Å²) in [6.07, 6.45) is 11.8. The molecular formula is C36H46O5. The van der Waals surface area contributed by atoms with Crippen LogP contribution in [0.1, 0.15) is 112 Å². The Bertz CT molecular complexity index is 1280. The Morgan fingerprint density at radius 2 is 1.05 bits per heavy atom. The van der Waals surface area contributed by atoms with Crippen molar-refractivity contribution in [2.75, 3.05) is 0 Å². The minimum absolute atomic E-state index is 0.0131. The first kappa shape index (κ1) is 26.4. The molecule has 8 rings (SSSR count). The summed E-state index contributed by atoms with van der Waals surface area (Å²) in [5.74, 6) is 4.84. The lowest BCUT2D eigenvalue weighted by molar-refractivity contribution is -0.0232. The zero-order valence-corrected chi connectivity index (χ0v) is 24.6. The maximum atomic E-state index is 10.9. The van der Waals surface area contributed by atoms with Gasteiger partial charge in [0, 0.05) is 23.3 Å². The number of hydrogen-bond acceptors (Lipinski definition) is 5. The van der Waals surface area contributed by atoms with E-state index in [1.807, 2.05) is 12.1 Å². The molecule has 0 aromatic heterocycles. The average Bonchev–Trinajstić information content (AvgIpc) is 3.42. The van der Waals surface area contributed by atoms with Crippen LogP contribution >= 0.6 is 0 Å². The van der Waals surface area contributed by atoms with Crippen molar-refractivity contribution < 1.29 is 25.2 Å². The van der Waals surface area contributed by atoms with Gasteiger partial charge in [-0.05, 0) is 147 Å². The van der Waals surface area contributed by atoms with Crippen LogP contribution in [0.15, 0.2) is 24.3 Å². The Kier molecular flexibility index (Phi) is 5.88. The van der Waals surface area contributed by atoms with E-state index in [9.17, 15) is 20.4 Å². The van der Waals surface area contributed by atoms with Crippen molar-refractivity contribution in [2.45, 2.75) is 115 Å². The molecular weight excluding hydrogens is 512 g/mol. The van der Waals surface area contributed by atoms with Gasteiger partial charge in [0.05, 0.1) is 12.2 Å². The molecule has 0 heterocycles. The zero-order chi connectivity index (χ0) is 28.3. The molecule has 0 saturated heterocycles. The highest BCUT2D eigenvalue weighted by Crippen LogP contribution is 2.64. The molecule has 10 atom stereocenters. The highest BCUT2D eigenvalue weighted by atomic mass is 16.5. The standard InChI is InChI=1S/C36H46O5/c1-35-13-11-25-23(27(35)7-9-31(35)39)5-3-19-15-21(37)17-29(33(19)25)41-30-18-22(38)16-20-4-6-24-26(34(20)30)12-14-36(2)28(24)8-10-32(36)40/h15-18,23-28,31-32,37-40H,3-14H2,1-2H3/t23-,24-,25+,26+,27+,28+,31-,32-,35+,36+/m1/s1. The third-order valence-corrected chi connectivity index (χ3v) is 13.7. The number of rotatable bonds is 2. The van der Waals surface area contributed by atoms with Gasteiger partial charge < -0.3 is 25.2 Å². The SMILES string of the molecule is C[C@]12CC[C@@H]3c4c(cc(O)cc4Oc4cc(O)cc5c4[C@H]4CC[C@]6(C)[C@H](O)CC[C@H]6[C@@H]4CC5)CC[C@H]3[C@@H]1CC[C@H]2O. The number of phenolic OH excluding ortho intramolecular Hbond substituents is 2. The molecule has 41 heavy (non-hydrogen) atoms. The van der Waals surface area contributed by atoms with E-state index in [1.54, 1.807) is 12.1 Å². The monoisotopic (exact) mass is 558 g/mol. The molecule has 0 radical (unpaired) electrons. The van der Waals surface area contributed by atoms with E-state index in [2.05, 4.69) is 13.8 Å². The average molecular weight is 559 g/mol. The van der Waals surface area contributed by atoms with Gasteiger partial charge in [-0.2, -0.15) is 0 Å². The second-order valence-corrected chi connectivity index (χ2v) is 15.2. The molecule has 5 nitrogen and oxygen atoms in total. The van der Waals surface area contributed by atoms with Gasteiger partial charge >= 0.3 is 0 Å². The van der Waals surface area contributed by atoms with Crippen LogP contribution in [0.4, 0.5) is 0 Å². The Labute approximate surface area is 244 Å². The van der Waals surface area contributed by atoms with E-state index in [-0.39, 0.29) is 34.5 Å². The summed E-state index contributed by atoms with van der Waals surface area (Å²) in [5.41, 5.74) is 4.93. The number of fused-ring (bicyclic) bond motifs is 10. The lowest BCUT2D eigenvalue weighted by Gasteiger charge is -2.50. The van der Waals surface area contributed by atoms with Crippen molar-refractivity contribution >= 4 is 0 Å². The van der Waals surface area contributed by atoms with Crippen LogP contribution in [0.3, 0.4) is 0 Å². The molecule has 0 aliphatic heterocycles. The van der Waals surface area contributed by atoms with E-state index in [0.717, 1.165) is 88.5 Å². The number of ether oxygens (including phenoxy) is 1. The van der Waals surface area contributed by atoms with Crippen LogP contribution in [0.5, 0.6) is 23.0 Å². The molecule has 0 amide bonds. The molecule has 4 N–H and O–H groups in total. The zero-order valence-electron chi connectivity index (χ0n) is 24.6. The number of aryl methyl sites for hydroxylation is 2. The lowest BCUT2D eigenvalue weighted by atomic mass is 9.55. The first-order chi connectivity index (χ1) is 19.7. The lowest BCUT2D eigenvalue weighted by Crippen LogP contribution is -2.44. The summed E-state index contributed by atoms with van der Waals surface area (Å²) < 4.78 is 6.93. The van der Waals surface area contributed by atoms with Gasteiger partial charge in [-0.15, -0.1) is 0 Å². The fraction of sp³-hybridized carbons (Fsp3) is 0.667. The highest BCUT2D eigenvalue weighted by Gasteiger charge is 2.56. The topological polar surface area (TPSA) is 90.2 Å². The molecule has 4 fully saturated rings. The molecule has 0 spiro atoms. The molecule has 6 aliphatic rings. The summed E-state index contributed by atoms with van der Waals surface area (Å²) in [7, 11) is 0. The predicted molar refractivity (Wildman–Crippen MR) is 158 cm³/mol. The normalized spacial score (nSPS) is 42.3. The van der Waals surface area contributed by atoms with Crippen LogP contribution in [-0.4, -0.2) is 32.6 Å². The van der Waals surface area contributed by atoms with Crippen LogP contribution in [0, 0.1) is 34.5 Å². The number of hydrogen-bond donors (Lipinski definition) is 4.